The van der Waals surface area contributed by atoms with Crippen molar-refractivity contribution in [3.8, 4) is 0 Å². The van der Waals surface area contributed by atoms with Gasteiger partial charge in [-0.05, 0) is 58.9 Å². The molecule has 4 N–H and O–H groups in total. The third-order valence-corrected chi connectivity index (χ3v) is 1.84. The van der Waals surface area contributed by atoms with Crippen LogP contribution >= 0.6 is 50.9 Å². The van der Waals surface area contributed by atoms with Crippen LogP contribution in [0.4, 0.5) is 0 Å². The smallest absolute Gasteiger partial charge is 0.00484 e. The summed E-state index contributed by atoms with van der Waals surface area (Å²) in [6, 6.07) is 0. The van der Waals surface area contributed by atoms with Crippen LogP contribution in [-0.2, 0) is 0 Å². The number of halogens is 3. The zero-order valence-corrected chi connectivity index (χ0v) is 14.6. The van der Waals surface area contributed by atoms with Gasteiger partial charge in [0.1, 0.15) is 0 Å². The Morgan fingerprint density at radius 3 is 1.73 bits per heavy atom. The monoisotopic (exact) mass is 413 g/mol. The van der Waals surface area contributed by atoms with E-state index in [4.69, 9.17) is 5.73 Å². The molecule has 15 heavy (non-hydrogen) atoms. The first-order chi connectivity index (χ1) is 5.91. The minimum atomic E-state index is 0. The van der Waals surface area contributed by atoms with Crippen LogP contribution in [0.3, 0.4) is 0 Å². The number of nitrogens with one attached hydrogen (secondary N) is 2. The molecule has 0 saturated heterocycles. The van der Waals surface area contributed by atoms with Gasteiger partial charge < -0.3 is 16.4 Å². The van der Waals surface area contributed by atoms with E-state index in [1.807, 2.05) is 7.05 Å². The molecule has 0 unspecified atom stereocenters. The largest absolute Gasteiger partial charge is 0.330 e. The van der Waals surface area contributed by atoms with Gasteiger partial charge in [-0.1, -0.05) is 0 Å². The Kier molecular flexibility index (Phi) is 41.2. The SMILES string of the molecule is Br.Br.Br.CNCCCCNCCCCN. The fourth-order valence-corrected chi connectivity index (χ4v) is 1.07. The maximum atomic E-state index is 5.37. The number of unbranched alkanes of at least 4 members (excludes halogenated alkanes) is 2. The predicted octanol–water partition coefficient (Wildman–Crippen LogP) is 2.05. The second kappa shape index (κ2) is 24.5. The van der Waals surface area contributed by atoms with Gasteiger partial charge in [-0.2, -0.15) is 0 Å². The van der Waals surface area contributed by atoms with Crippen molar-refractivity contribution >= 4 is 50.9 Å². The Hall–Kier alpha value is 1.32. The Labute approximate surface area is 126 Å². The molecule has 98 valence electrons. The van der Waals surface area contributed by atoms with Crippen molar-refractivity contribution in [2.45, 2.75) is 25.7 Å². The Morgan fingerprint density at radius 2 is 1.27 bits per heavy atom. The second-order valence-electron chi connectivity index (χ2n) is 3.06. The van der Waals surface area contributed by atoms with Crippen LogP contribution < -0.4 is 16.4 Å². The van der Waals surface area contributed by atoms with Gasteiger partial charge in [-0.15, -0.1) is 50.9 Å². The molecule has 0 radical (unpaired) electrons. The van der Waals surface area contributed by atoms with Crippen molar-refractivity contribution in [3.05, 3.63) is 0 Å². The van der Waals surface area contributed by atoms with Gasteiger partial charge in [0.2, 0.25) is 0 Å². The van der Waals surface area contributed by atoms with E-state index in [1.54, 1.807) is 0 Å². The van der Waals surface area contributed by atoms with Crippen LogP contribution in [0.15, 0.2) is 0 Å². The first kappa shape index (κ1) is 25.2. The average Bonchev–Trinajstić information content (AvgIpc) is 2.10. The summed E-state index contributed by atoms with van der Waals surface area (Å²) in [5.41, 5.74) is 5.37. The summed E-state index contributed by atoms with van der Waals surface area (Å²) in [6.45, 7) is 4.22. The fourth-order valence-electron chi connectivity index (χ4n) is 1.07. The van der Waals surface area contributed by atoms with Gasteiger partial charge in [-0.3, -0.25) is 0 Å². The maximum absolute atomic E-state index is 5.37. The molecular weight excluding hydrogens is 390 g/mol. The van der Waals surface area contributed by atoms with Crippen molar-refractivity contribution in [3.63, 3.8) is 0 Å². The number of rotatable bonds is 9. The zero-order chi connectivity index (χ0) is 9.07. The molecule has 0 atom stereocenters. The molecule has 0 fully saturated rings. The van der Waals surface area contributed by atoms with Gasteiger partial charge in [0.25, 0.3) is 0 Å². The lowest BCUT2D eigenvalue weighted by Gasteiger charge is -2.03. The van der Waals surface area contributed by atoms with Gasteiger partial charge in [0.15, 0.2) is 0 Å². The minimum Gasteiger partial charge on any atom is -0.330 e. The van der Waals surface area contributed by atoms with Gasteiger partial charge >= 0.3 is 0 Å². The molecular formula is C9H26Br3N3. The highest BCUT2D eigenvalue weighted by molar-refractivity contribution is 8.93. The summed E-state index contributed by atoms with van der Waals surface area (Å²) >= 11 is 0. The Balaban J connectivity index is -0.000000202. The quantitative estimate of drug-likeness (QED) is 0.505. The van der Waals surface area contributed by atoms with Crippen LogP contribution in [0.2, 0.25) is 0 Å². The summed E-state index contributed by atoms with van der Waals surface area (Å²) in [6.07, 6.45) is 4.88. The van der Waals surface area contributed by atoms with Crippen LogP contribution in [0, 0.1) is 0 Å². The lowest BCUT2D eigenvalue weighted by Crippen LogP contribution is -2.19. The number of hydrogen-bond acceptors (Lipinski definition) is 3. The van der Waals surface area contributed by atoms with Crippen molar-refractivity contribution in [2.75, 3.05) is 33.2 Å². The molecule has 3 nitrogen and oxygen atoms in total. The van der Waals surface area contributed by atoms with Crippen molar-refractivity contribution in [2.24, 2.45) is 5.73 Å². The van der Waals surface area contributed by atoms with E-state index < -0.39 is 0 Å². The van der Waals surface area contributed by atoms with Gasteiger partial charge in [-0.25, -0.2) is 0 Å². The van der Waals surface area contributed by atoms with E-state index in [0.717, 1.165) is 32.6 Å². The summed E-state index contributed by atoms with van der Waals surface area (Å²) < 4.78 is 0. The standard InChI is InChI=1S/C9H23N3.3BrH/c1-11-7-4-5-9-12-8-3-2-6-10;;;/h11-12H,2-10H2,1H3;3*1H. The highest BCUT2D eigenvalue weighted by atomic mass is 79.9. The van der Waals surface area contributed by atoms with Crippen molar-refractivity contribution in [1.29, 1.82) is 0 Å². The van der Waals surface area contributed by atoms with Crippen LogP contribution in [0.5, 0.6) is 0 Å². The molecule has 0 rings (SSSR count). The van der Waals surface area contributed by atoms with E-state index in [9.17, 15) is 0 Å². The third-order valence-electron chi connectivity index (χ3n) is 1.84. The predicted molar refractivity (Wildman–Crippen MR) is 85.3 cm³/mol. The number of hydrogen-bond donors (Lipinski definition) is 3. The Bertz CT molecular complexity index is 77.0. The molecule has 0 aliphatic rings. The molecule has 6 heteroatoms. The molecule has 0 bridgehead atoms. The number of nitrogens with two attached hydrogens (primary N) is 1. The summed E-state index contributed by atoms with van der Waals surface area (Å²) in [7, 11) is 1.99. The summed E-state index contributed by atoms with van der Waals surface area (Å²) in [5.74, 6) is 0. The molecule has 0 aliphatic heterocycles. The first-order valence-electron chi connectivity index (χ1n) is 4.97. The van der Waals surface area contributed by atoms with E-state index in [0.29, 0.717) is 0 Å². The Morgan fingerprint density at radius 1 is 0.800 bits per heavy atom. The maximum Gasteiger partial charge on any atom is -0.00484 e. The highest BCUT2D eigenvalue weighted by Crippen LogP contribution is 1.86. The normalized spacial score (nSPS) is 8.40. The summed E-state index contributed by atoms with van der Waals surface area (Å²) in [4.78, 5) is 0. The van der Waals surface area contributed by atoms with E-state index in [1.165, 1.54) is 19.3 Å². The topological polar surface area (TPSA) is 50.1 Å². The molecule has 0 aromatic carbocycles. The van der Waals surface area contributed by atoms with Crippen LogP contribution in [-0.4, -0.2) is 33.2 Å². The van der Waals surface area contributed by atoms with E-state index in [-0.39, 0.29) is 50.9 Å². The third kappa shape index (κ3) is 25.5. The lowest BCUT2D eigenvalue weighted by atomic mass is 10.3. The molecule has 0 amide bonds. The van der Waals surface area contributed by atoms with Crippen molar-refractivity contribution < 1.29 is 0 Å². The van der Waals surface area contributed by atoms with Crippen LogP contribution in [0.25, 0.3) is 0 Å². The highest BCUT2D eigenvalue weighted by Gasteiger charge is 1.88. The molecule has 0 aromatic heterocycles. The van der Waals surface area contributed by atoms with Crippen molar-refractivity contribution in [1.82, 2.24) is 10.6 Å². The van der Waals surface area contributed by atoms with Gasteiger partial charge in [0.05, 0.1) is 0 Å². The lowest BCUT2D eigenvalue weighted by molar-refractivity contribution is 0.582. The van der Waals surface area contributed by atoms with Gasteiger partial charge in [0, 0.05) is 0 Å². The van der Waals surface area contributed by atoms with E-state index in [2.05, 4.69) is 10.6 Å². The summed E-state index contributed by atoms with van der Waals surface area (Å²) in [5, 5.41) is 6.53. The minimum absolute atomic E-state index is 0. The average molecular weight is 416 g/mol. The molecule has 0 heterocycles. The fraction of sp³-hybridized carbons (Fsp3) is 1.00. The van der Waals surface area contributed by atoms with Crippen LogP contribution in [0.1, 0.15) is 25.7 Å². The first-order valence-corrected chi connectivity index (χ1v) is 4.97. The van der Waals surface area contributed by atoms with E-state index >= 15 is 0 Å². The molecule has 0 saturated carbocycles. The second-order valence-corrected chi connectivity index (χ2v) is 3.06. The molecule has 0 aliphatic carbocycles. The molecule has 0 spiro atoms. The molecule has 0 aromatic rings. The zero-order valence-electron chi connectivity index (χ0n) is 9.46.